The molecule has 6 heteroatoms. The Morgan fingerprint density at radius 1 is 0.938 bits per heavy atom. The fourth-order valence-electron chi connectivity index (χ4n) is 1.31. The molecule has 16 heavy (non-hydrogen) atoms. The number of methoxy groups -OCH3 is 2. The average molecular weight is 271 g/mol. The molecule has 0 radical (unpaired) electrons. The molecule has 0 aliphatic heterocycles. The van der Waals surface area contributed by atoms with Crippen LogP contribution in [0.5, 0.6) is 0 Å². The molecule has 0 aromatic heterocycles. The molecule has 0 amide bonds. The third-order valence-corrected chi connectivity index (χ3v) is 5.49. The van der Waals surface area contributed by atoms with Gasteiger partial charge in [-0.15, -0.1) is 0 Å². The van der Waals surface area contributed by atoms with Crippen molar-refractivity contribution in [3.63, 3.8) is 0 Å². The molecule has 0 bridgehead atoms. The van der Waals surface area contributed by atoms with Gasteiger partial charge < -0.3 is 9.47 Å². The van der Waals surface area contributed by atoms with Crippen LogP contribution in [0, 0.1) is 0 Å². The second kappa shape index (κ2) is 10.7. The molecule has 0 saturated carbocycles. The summed E-state index contributed by atoms with van der Waals surface area (Å²) in [6.45, 7) is 9.33. The van der Waals surface area contributed by atoms with Gasteiger partial charge in [0.15, 0.2) is 0 Å². The zero-order valence-corrected chi connectivity index (χ0v) is 12.4. The van der Waals surface area contributed by atoms with Crippen LogP contribution in [0.15, 0.2) is 0 Å². The molecule has 98 valence electrons. The predicted molar refractivity (Wildman–Crippen MR) is 71.0 cm³/mol. The van der Waals surface area contributed by atoms with E-state index in [1.165, 1.54) is 0 Å². The highest BCUT2D eigenvalue weighted by Crippen LogP contribution is 2.48. The molecule has 0 aliphatic rings. The van der Waals surface area contributed by atoms with Crippen molar-refractivity contribution in [2.45, 2.75) is 13.8 Å². The van der Waals surface area contributed by atoms with E-state index in [2.05, 4.69) is 23.2 Å². The minimum absolute atomic E-state index is 0.705. The van der Waals surface area contributed by atoms with Crippen molar-refractivity contribution < 1.29 is 9.47 Å². The lowest BCUT2D eigenvalue weighted by atomic mass is 10.6. The summed E-state index contributed by atoms with van der Waals surface area (Å²) in [5.41, 5.74) is 0. The number of ether oxygens (including phenoxy) is 2. The Bertz CT molecular complexity index is 154. The van der Waals surface area contributed by atoms with Crippen molar-refractivity contribution >= 4 is 18.8 Å². The Balaban J connectivity index is 4.21. The second-order valence-electron chi connectivity index (χ2n) is 3.32. The predicted octanol–water partition coefficient (Wildman–Crippen LogP) is 2.39. The van der Waals surface area contributed by atoms with E-state index in [1.54, 1.807) is 14.2 Å². The smallest absolute Gasteiger partial charge is 0.140 e. The number of nitrogens with zero attached hydrogens (tertiary/aromatic N) is 2. The first-order chi connectivity index (χ1) is 7.71. The van der Waals surface area contributed by atoms with Crippen LogP contribution in [0.4, 0.5) is 0 Å². The van der Waals surface area contributed by atoms with E-state index in [0.717, 1.165) is 26.2 Å². The maximum Gasteiger partial charge on any atom is 0.140 e. The first-order valence-corrected chi connectivity index (χ1v) is 7.79. The van der Waals surface area contributed by atoms with Crippen LogP contribution >= 0.6 is 18.8 Å². The van der Waals surface area contributed by atoms with E-state index < -0.39 is 7.58 Å². The normalized spacial score (nSPS) is 13.7. The van der Waals surface area contributed by atoms with Gasteiger partial charge in [0.25, 0.3) is 0 Å². The topological polar surface area (TPSA) is 24.9 Å². The number of rotatable bonds is 10. The average Bonchev–Trinajstić information content (AvgIpc) is 2.30. The monoisotopic (exact) mass is 270 g/mol. The highest BCUT2D eigenvalue weighted by atomic mass is 35.7. The molecular weight excluding hydrogens is 247 g/mol. The lowest BCUT2D eigenvalue weighted by Crippen LogP contribution is -2.31. The van der Waals surface area contributed by atoms with Gasteiger partial charge in [0.1, 0.15) is 7.58 Å². The van der Waals surface area contributed by atoms with Gasteiger partial charge in [-0.2, -0.15) is 0 Å². The van der Waals surface area contributed by atoms with E-state index >= 15 is 0 Å². The number of hydrogen-bond acceptors (Lipinski definition) is 4. The van der Waals surface area contributed by atoms with Crippen LogP contribution in [0.3, 0.4) is 0 Å². The Hall–Kier alpha value is 0.560. The number of hydrogen-bond donors (Lipinski definition) is 0. The van der Waals surface area contributed by atoms with Gasteiger partial charge >= 0.3 is 0 Å². The molecule has 0 rings (SSSR count). The van der Waals surface area contributed by atoms with E-state index in [-0.39, 0.29) is 0 Å². The molecule has 0 saturated heterocycles. The Morgan fingerprint density at radius 3 is 1.69 bits per heavy atom. The van der Waals surface area contributed by atoms with E-state index in [9.17, 15) is 0 Å². The first kappa shape index (κ1) is 16.6. The summed E-state index contributed by atoms with van der Waals surface area (Å²) in [5.74, 6) is 0. The summed E-state index contributed by atoms with van der Waals surface area (Å²) >= 11 is 6.49. The molecule has 0 fully saturated rings. The highest BCUT2D eigenvalue weighted by molar-refractivity contribution is 7.80. The zero-order chi connectivity index (χ0) is 12.4. The molecule has 4 nitrogen and oxygen atoms in total. The fourth-order valence-corrected chi connectivity index (χ4v) is 3.72. The van der Waals surface area contributed by atoms with Gasteiger partial charge in [-0.05, 0) is 0 Å². The molecule has 0 aromatic carbocycles. The summed E-state index contributed by atoms with van der Waals surface area (Å²) in [6.07, 6.45) is 0. The van der Waals surface area contributed by atoms with E-state index in [1.807, 2.05) is 0 Å². The van der Waals surface area contributed by atoms with Crippen molar-refractivity contribution in [3.05, 3.63) is 0 Å². The standard InChI is InChI=1S/C10H24ClN2O2P/c1-5-12(6-2)16(11)13(7-9-14-3)8-10-15-4/h5-10H2,1-4H3. The van der Waals surface area contributed by atoms with Crippen LogP contribution in [-0.4, -0.2) is 63.0 Å². The minimum atomic E-state index is -0.752. The maximum absolute atomic E-state index is 6.49. The molecule has 0 N–H and O–H groups in total. The van der Waals surface area contributed by atoms with Crippen molar-refractivity contribution in [1.82, 2.24) is 9.34 Å². The van der Waals surface area contributed by atoms with Crippen LogP contribution in [0.2, 0.25) is 0 Å². The quantitative estimate of drug-likeness (QED) is 0.569. The van der Waals surface area contributed by atoms with Gasteiger partial charge in [0, 0.05) is 40.4 Å². The van der Waals surface area contributed by atoms with Crippen LogP contribution in [0.25, 0.3) is 0 Å². The van der Waals surface area contributed by atoms with E-state index in [4.69, 9.17) is 20.7 Å². The summed E-state index contributed by atoms with van der Waals surface area (Å²) in [5, 5.41) is 0. The molecule has 0 spiro atoms. The fraction of sp³-hybridized carbons (Fsp3) is 1.00. The Morgan fingerprint density at radius 2 is 1.38 bits per heavy atom. The molecule has 0 heterocycles. The molecule has 0 aliphatic carbocycles. The van der Waals surface area contributed by atoms with Crippen LogP contribution in [-0.2, 0) is 9.47 Å². The largest absolute Gasteiger partial charge is 0.383 e. The molecule has 1 atom stereocenters. The van der Waals surface area contributed by atoms with Gasteiger partial charge in [-0.1, -0.05) is 25.1 Å². The lowest BCUT2D eigenvalue weighted by molar-refractivity contribution is 0.151. The summed E-state index contributed by atoms with van der Waals surface area (Å²) in [4.78, 5) is 0. The minimum Gasteiger partial charge on any atom is -0.383 e. The van der Waals surface area contributed by atoms with Crippen LogP contribution in [0.1, 0.15) is 13.8 Å². The molecular formula is C10H24ClN2O2P. The summed E-state index contributed by atoms with van der Waals surface area (Å²) in [6, 6.07) is 0. The third-order valence-electron chi connectivity index (χ3n) is 2.30. The van der Waals surface area contributed by atoms with Crippen molar-refractivity contribution in [2.24, 2.45) is 0 Å². The summed E-state index contributed by atoms with van der Waals surface area (Å²) in [7, 11) is 2.67. The van der Waals surface area contributed by atoms with E-state index in [0.29, 0.717) is 13.2 Å². The maximum atomic E-state index is 6.49. The lowest BCUT2D eigenvalue weighted by Gasteiger charge is -2.33. The van der Waals surface area contributed by atoms with Crippen molar-refractivity contribution in [2.75, 3.05) is 53.6 Å². The third kappa shape index (κ3) is 6.33. The second-order valence-corrected chi connectivity index (χ2v) is 5.84. The van der Waals surface area contributed by atoms with Gasteiger partial charge in [0.05, 0.1) is 13.2 Å². The SMILES string of the molecule is CCN(CC)P(Cl)N(CCOC)CCOC. The van der Waals surface area contributed by atoms with Gasteiger partial charge in [0.2, 0.25) is 0 Å². The summed E-state index contributed by atoms with van der Waals surface area (Å²) < 4.78 is 14.7. The zero-order valence-electron chi connectivity index (χ0n) is 10.8. The van der Waals surface area contributed by atoms with Gasteiger partial charge in [-0.25, -0.2) is 0 Å². The number of halogens is 1. The molecule has 1 unspecified atom stereocenters. The first-order valence-electron chi connectivity index (χ1n) is 5.64. The van der Waals surface area contributed by atoms with Crippen molar-refractivity contribution in [3.8, 4) is 0 Å². The highest BCUT2D eigenvalue weighted by Gasteiger charge is 2.20. The van der Waals surface area contributed by atoms with Crippen LogP contribution < -0.4 is 0 Å². The Labute approximate surface area is 105 Å². The Kier molecular flexibility index (Phi) is 11.1. The van der Waals surface area contributed by atoms with Crippen molar-refractivity contribution in [1.29, 1.82) is 0 Å². The molecule has 0 aromatic rings. The van der Waals surface area contributed by atoms with Gasteiger partial charge in [-0.3, -0.25) is 9.34 Å².